The van der Waals surface area contributed by atoms with Gasteiger partial charge in [0.25, 0.3) is 11.8 Å². The van der Waals surface area contributed by atoms with Crippen molar-refractivity contribution >= 4 is 11.3 Å². The molecule has 0 fully saturated rings. The standard InChI is InChI=1S/C18H19F2N3O3S/c1-11(16-21-22-17(26-16)15-5-4-8-27-15)23(2)10-12-6-7-13(25-18(19)20)14(9-12)24-3/h4-9,11,18H,10H2,1-3H3/p+1/t11-/m1/s1. The Labute approximate surface area is 159 Å². The number of alkyl halides is 2. The van der Waals surface area contributed by atoms with Gasteiger partial charge in [0.2, 0.25) is 0 Å². The lowest BCUT2D eigenvalue weighted by atomic mass is 10.1. The molecule has 0 aliphatic rings. The SMILES string of the molecule is COc1cc(C[NH+](C)[C@H](C)c2nnc(-c3cccs3)o2)ccc1OC(F)F. The van der Waals surface area contributed by atoms with E-state index in [4.69, 9.17) is 9.15 Å². The molecule has 27 heavy (non-hydrogen) atoms. The molecule has 1 N–H and O–H groups in total. The van der Waals surface area contributed by atoms with Gasteiger partial charge in [0, 0.05) is 5.56 Å². The highest BCUT2D eigenvalue weighted by atomic mass is 32.1. The molecule has 2 aromatic heterocycles. The monoisotopic (exact) mass is 396 g/mol. The number of benzene rings is 1. The molecule has 0 saturated carbocycles. The first-order valence-electron chi connectivity index (χ1n) is 8.29. The lowest BCUT2D eigenvalue weighted by molar-refractivity contribution is -0.925. The van der Waals surface area contributed by atoms with Gasteiger partial charge in [-0.15, -0.1) is 21.5 Å². The quantitative estimate of drug-likeness (QED) is 0.634. The molecule has 9 heteroatoms. The molecule has 1 unspecified atom stereocenters. The number of ether oxygens (including phenoxy) is 2. The average Bonchev–Trinajstić information content (AvgIpc) is 3.33. The van der Waals surface area contributed by atoms with Gasteiger partial charge in [0.1, 0.15) is 6.54 Å². The number of nitrogens with zero attached hydrogens (tertiary/aromatic N) is 2. The molecule has 0 spiro atoms. The normalized spacial score (nSPS) is 13.6. The molecular formula is C18H20F2N3O3S+. The van der Waals surface area contributed by atoms with E-state index in [9.17, 15) is 8.78 Å². The predicted octanol–water partition coefficient (Wildman–Crippen LogP) is 3.18. The Kier molecular flexibility index (Phi) is 6.02. The van der Waals surface area contributed by atoms with Gasteiger partial charge in [-0.05, 0) is 36.6 Å². The van der Waals surface area contributed by atoms with Crippen molar-refractivity contribution in [1.29, 1.82) is 0 Å². The topological polar surface area (TPSA) is 61.8 Å². The molecule has 0 saturated heterocycles. The lowest BCUT2D eigenvalue weighted by Gasteiger charge is -2.19. The average molecular weight is 396 g/mol. The van der Waals surface area contributed by atoms with Crippen molar-refractivity contribution in [3.63, 3.8) is 0 Å². The summed E-state index contributed by atoms with van der Waals surface area (Å²) in [4.78, 5) is 2.03. The van der Waals surface area contributed by atoms with E-state index in [2.05, 4.69) is 14.9 Å². The Hall–Kier alpha value is -2.52. The van der Waals surface area contributed by atoms with Crippen molar-refractivity contribution in [1.82, 2.24) is 10.2 Å². The van der Waals surface area contributed by atoms with Gasteiger partial charge in [-0.3, -0.25) is 0 Å². The maximum atomic E-state index is 12.4. The molecule has 2 heterocycles. The van der Waals surface area contributed by atoms with Crippen molar-refractivity contribution in [3.8, 4) is 22.3 Å². The van der Waals surface area contributed by atoms with E-state index in [1.165, 1.54) is 24.5 Å². The van der Waals surface area contributed by atoms with E-state index in [-0.39, 0.29) is 17.5 Å². The first kappa shape index (κ1) is 19.2. The van der Waals surface area contributed by atoms with E-state index in [0.717, 1.165) is 15.3 Å². The summed E-state index contributed by atoms with van der Waals surface area (Å²) >= 11 is 1.54. The fourth-order valence-corrected chi connectivity index (χ4v) is 3.25. The number of aromatic nitrogens is 2. The third-order valence-electron chi connectivity index (χ3n) is 4.21. The zero-order valence-electron chi connectivity index (χ0n) is 15.1. The van der Waals surface area contributed by atoms with Crippen LogP contribution in [0.4, 0.5) is 8.78 Å². The highest BCUT2D eigenvalue weighted by Gasteiger charge is 2.23. The second-order valence-electron chi connectivity index (χ2n) is 6.03. The van der Waals surface area contributed by atoms with Gasteiger partial charge in [0.05, 0.1) is 19.0 Å². The number of hydrogen-bond acceptors (Lipinski definition) is 6. The van der Waals surface area contributed by atoms with Crippen LogP contribution < -0.4 is 14.4 Å². The fourth-order valence-electron chi connectivity index (χ4n) is 2.61. The summed E-state index contributed by atoms with van der Waals surface area (Å²) in [7, 11) is 3.41. The van der Waals surface area contributed by atoms with Gasteiger partial charge in [0.15, 0.2) is 17.5 Å². The van der Waals surface area contributed by atoms with Crippen molar-refractivity contribution in [2.24, 2.45) is 0 Å². The Morgan fingerprint density at radius 2 is 2.04 bits per heavy atom. The molecule has 6 nitrogen and oxygen atoms in total. The van der Waals surface area contributed by atoms with Gasteiger partial charge in [-0.2, -0.15) is 8.78 Å². The summed E-state index contributed by atoms with van der Waals surface area (Å²) in [6, 6.07) is 8.73. The summed E-state index contributed by atoms with van der Waals surface area (Å²) in [5, 5.41) is 10.2. The number of quaternary nitrogens is 1. The van der Waals surface area contributed by atoms with E-state index in [1.54, 1.807) is 12.1 Å². The number of methoxy groups -OCH3 is 1. The van der Waals surface area contributed by atoms with Crippen molar-refractivity contribution in [3.05, 3.63) is 47.2 Å². The Bertz CT molecular complexity index is 871. The lowest BCUT2D eigenvalue weighted by Crippen LogP contribution is -3.07. The smallest absolute Gasteiger partial charge is 0.387 e. The number of hydrogen-bond donors (Lipinski definition) is 1. The summed E-state index contributed by atoms with van der Waals surface area (Å²) < 4.78 is 40.3. The molecule has 0 aliphatic carbocycles. The summed E-state index contributed by atoms with van der Waals surface area (Å²) in [6.07, 6.45) is 0. The molecular weight excluding hydrogens is 376 g/mol. The highest BCUT2D eigenvalue weighted by Crippen LogP contribution is 2.29. The van der Waals surface area contributed by atoms with Crippen LogP contribution >= 0.6 is 11.3 Å². The first-order valence-corrected chi connectivity index (χ1v) is 9.17. The van der Waals surface area contributed by atoms with Crippen LogP contribution in [0.1, 0.15) is 24.4 Å². The molecule has 144 valence electrons. The van der Waals surface area contributed by atoms with Crippen molar-refractivity contribution < 1.29 is 27.6 Å². The van der Waals surface area contributed by atoms with Crippen LogP contribution in [-0.4, -0.2) is 31.0 Å². The molecule has 3 rings (SSSR count). The van der Waals surface area contributed by atoms with Gasteiger partial charge >= 0.3 is 6.61 Å². The van der Waals surface area contributed by atoms with E-state index >= 15 is 0 Å². The zero-order chi connectivity index (χ0) is 19.4. The van der Waals surface area contributed by atoms with Crippen molar-refractivity contribution in [2.75, 3.05) is 14.2 Å². The number of nitrogens with one attached hydrogen (secondary N) is 1. The number of halogens is 2. The summed E-state index contributed by atoms with van der Waals surface area (Å²) in [5.74, 6) is 1.33. The van der Waals surface area contributed by atoms with Crippen LogP contribution in [0, 0.1) is 0 Å². The zero-order valence-corrected chi connectivity index (χ0v) is 15.9. The van der Waals surface area contributed by atoms with Gasteiger partial charge in [-0.25, -0.2) is 0 Å². The second kappa shape index (κ2) is 8.45. The van der Waals surface area contributed by atoms with Crippen LogP contribution in [0.3, 0.4) is 0 Å². The Balaban J connectivity index is 1.70. The predicted molar refractivity (Wildman–Crippen MR) is 96.2 cm³/mol. The molecule has 0 bridgehead atoms. The minimum atomic E-state index is -2.90. The van der Waals surface area contributed by atoms with E-state index < -0.39 is 6.61 Å². The third-order valence-corrected chi connectivity index (χ3v) is 5.07. The fraction of sp³-hybridized carbons (Fsp3) is 0.333. The first-order chi connectivity index (χ1) is 13.0. The van der Waals surface area contributed by atoms with Crippen LogP contribution in [0.15, 0.2) is 40.1 Å². The number of rotatable bonds is 8. The molecule has 2 atom stereocenters. The van der Waals surface area contributed by atoms with Gasteiger partial charge in [-0.1, -0.05) is 6.07 Å². The number of thiophene rings is 1. The molecule has 1 aromatic carbocycles. The molecule has 3 aromatic rings. The summed E-state index contributed by atoms with van der Waals surface area (Å²) in [6.45, 7) is -0.288. The molecule has 0 aliphatic heterocycles. The largest absolute Gasteiger partial charge is 0.493 e. The van der Waals surface area contributed by atoms with Crippen LogP contribution in [-0.2, 0) is 6.54 Å². The highest BCUT2D eigenvalue weighted by molar-refractivity contribution is 7.13. The van der Waals surface area contributed by atoms with Crippen LogP contribution in [0.25, 0.3) is 10.8 Å². The third kappa shape index (κ3) is 4.61. The van der Waals surface area contributed by atoms with Gasteiger partial charge < -0.3 is 18.8 Å². The molecule has 0 radical (unpaired) electrons. The second-order valence-corrected chi connectivity index (χ2v) is 6.98. The van der Waals surface area contributed by atoms with Crippen LogP contribution in [0.2, 0.25) is 0 Å². The minimum absolute atomic E-state index is 0.0134. The van der Waals surface area contributed by atoms with Crippen molar-refractivity contribution in [2.45, 2.75) is 26.1 Å². The summed E-state index contributed by atoms with van der Waals surface area (Å²) in [5.41, 5.74) is 0.913. The maximum Gasteiger partial charge on any atom is 0.387 e. The van der Waals surface area contributed by atoms with Crippen LogP contribution in [0.5, 0.6) is 11.5 Å². The molecule has 0 amide bonds. The van der Waals surface area contributed by atoms with E-state index in [1.807, 2.05) is 31.5 Å². The Morgan fingerprint density at radius 3 is 2.70 bits per heavy atom. The maximum absolute atomic E-state index is 12.4. The van der Waals surface area contributed by atoms with E-state index in [0.29, 0.717) is 18.3 Å². The Morgan fingerprint density at radius 1 is 1.22 bits per heavy atom. The minimum Gasteiger partial charge on any atom is -0.493 e.